The maximum absolute atomic E-state index is 5.80. The van der Waals surface area contributed by atoms with Crippen molar-refractivity contribution in [2.45, 2.75) is 13.0 Å². The van der Waals surface area contributed by atoms with Crippen LogP contribution in [0.1, 0.15) is 6.92 Å². The first-order valence-corrected chi connectivity index (χ1v) is 3.75. The molecule has 0 aromatic carbocycles. The van der Waals surface area contributed by atoms with E-state index in [1.807, 2.05) is 25.2 Å². The van der Waals surface area contributed by atoms with Crippen molar-refractivity contribution in [3.63, 3.8) is 0 Å². The molecule has 0 amide bonds. The van der Waals surface area contributed by atoms with Crippen molar-refractivity contribution in [2.75, 3.05) is 0 Å². The van der Waals surface area contributed by atoms with E-state index in [9.17, 15) is 0 Å². The molecule has 2 aliphatic rings. The summed E-state index contributed by atoms with van der Waals surface area (Å²) in [5.74, 6) is 0.292. The van der Waals surface area contributed by atoms with E-state index >= 15 is 0 Å². The van der Waals surface area contributed by atoms with Gasteiger partial charge in [-0.2, -0.15) is 0 Å². The van der Waals surface area contributed by atoms with Crippen molar-refractivity contribution in [3.05, 3.63) is 35.8 Å². The zero-order valence-electron chi connectivity index (χ0n) is 6.45. The molecule has 0 saturated carbocycles. The molecule has 11 heavy (non-hydrogen) atoms. The van der Waals surface area contributed by atoms with Crippen molar-refractivity contribution < 1.29 is 4.74 Å². The molecule has 0 fully saturated rings. The maximum Gasteiger partial charge on any atom is 0.128 e. The Hall–Kier alpha value is -1.18. The van der Waals surface area contributed by atoms with Crippen molar-refractivity contribution in [2.24, 2.45) is 11.7 Å². The SMILES string of the molecule is CC1=COC2C=CC=C(N)C12. The summed E-state index contributed by atoms with van der Waals surface area (Å²) in [6.45, 7) is 2.05. The first kappa shape index (κ1) is 6.53. The summed E-state index contributed by atoms with van der Waals surface area (Å²) in [7, 11) is 0. The van der Waals surface area contributed by atoms with E-state index in [1.54, 1.807) is 6.26 Å². The summed E-state index contributed by atoms with van der Waals surface area (Å²) < 4.78 is 5.37. The lowest BCUT2D eigenvalue weighted by atomic mass is 9.90. The van der Waals surface area contributed by atoms with Gasteiger partial charge in [0.15, 0.2) is 0 Å². The highest BCUT2D eigenvalue weighted by Crippen LogP contribution is 2.32. The van der Waals surface area contributed by atoms with Gasteiger partial charge in [-0.1, -0.05) is 6.08 Å². The highest BCUT2D eigenvalue weighted by atomic mass is 16.5. The van der Waals surface area contributed by atoms with Gasteiger partial charge in [0.25, 0.3) is 0 Å². The summed E-state index contributed by atoms with van der Waals surface area (Å²) in [6, 6.07) is 0. The molecule has 0 bridgehead atoms. The summed E-state index contributed by atoms with van der Waals surface area (Å²) in [6.07, 6.45) is 7.87. The average molecular weight is 149 g/mol. The zero-order valence-corrected chi connectivity index (χ0v) is 6.45. The van der Waals surface area contributed by atoms with Gasteiger partial charge in [0, 0.05) is 5.70 Å². The van der Waals surface area contributed by atoms with Crippen LogP contribution >= 0.6 is 0 Å². The van der Waals surface area contributed by atoms with Gasteiger partial charge in [-0.05, 0) is 24.6 Å². The molecule has 2 nitrogen and oxygen atoms in total. The third kappa shape index (κ3) is 0.862. The van der Waals surface area contributed by atoms with Gasteiger partial charge in [-0.15, -0.1) is 0 Å². The molecule has 58 valence electrons. The van der Waals surface area contributed by atoms with Crippen LogP contribution in [-0.2, 0) is 4.74 Å². The maximum atomic E-state index is 5.80. The summed E-state index contributed by atoms with van der Waals surface area (Å²) in [5, 5.41) is 0. The second-order valence-corrected chi connectivity index (χ2v) is 2.99. The molecule has 2 heteroatoms. The van der Waals surface area contributed by atoms with Gasteiger partial charge >= 0.3 is 0 Å². The highest BCUT2D eigenvalue weighted by molar-refractivity contribution is 5.32. The largest absolute Gasteiger partial charge is 0.493 e. The number of hydrogen-bond donors (Lipinski definition) is 1. The fraction of sp³-hybridized carbons (Fsp3) is 0.333. The number of fused-ring (bicyclic) bond motifs is 1. The Labute approximate surface area is 66.0 Å². The van der Waals surface area contributed by atoms with Crippen molar-refractivity contribution in [3.8, 4) is 0 Å². The molecule has 2 N–H and O–H groups in total. The Bertz CT molecular complexity index is 263. The molecule has 1 aliphatic carbocycles. The molecule has 0 spiro atoms. The minimum absolute atomic E-state index is 0.153. The Balaban J connectivity index is 2.33. The van der Waals surface area contributed by atoms with E-state index < -0.39 is 0 Å². The van der Waals surface area contributed by atoms with E-state index in [2.05, 4.69) is 0 Å². The van der Waals surface area contributed by atoms with Gasteiger partial charge in [0.2, 0.25) is 0 Å². The molecule has 2 unspecified atom stereocenters. The molecular formula is C9H11NO. The van der Waals surface area contributed by atoms with E-state index in [-0.39, 0.29) is 6.10 Å². The molecular weight excluding hydrogens is 138 g/mol. The number of nitrogens with two attached hydrogens (primary N) is 1. The van der Waals surface area contributed by atoms with Gasteiger partial charge < -0.3 is 10.5 Å². The standard InChI is InChI=1S/C9H11NO/c1-6-5-11-8-4-2-3-7(10)9(6)8/h2-5,8-9H,10H2,1H3. The minimum Gasteiger partial charge on any atom is -0.493 e. The molecule has 0 aromatic rings. The number of ether oxygens (including phenoxy) is 1. The lowest BCUT2D eigenvalue weighted by Gasteiger charge is -2.20. The predicted molar refractivity (Wildman–Crippen MR) is 43.5 cm³/mol. The third-order valence-electron chi connectivity index (χ3n) is 2.18. The zero-order chi connectivity index (χ0) is 7.84. The fourth-order valence-corrected chi connectivity index (χ4v) is 1.59. The molecule has 2 rings (SSSR count). The van der Waals surface area contributed by atoms with Crippen molar-refractivity contribution >= 4 is 0 Å². The Kier molecular flexibility index (Phi) is 1.28. The van der Waals surface area contributed by atoms with Gasteiger partial charge in [0.05, 0.1) is 12.2 Å². The molecule has 0 radical (unpaired) electrons. The summed E-state index contributed by atoms with van der Waals surface area (Å²) >= 11 is 0. The Morgan fingerprint density at radius 2 is 2.36 bits per heavy atom. The Morgan fingerprint density at radius 3 is 3.09 bits per heavy atom. The fourth-order valence-electron chi connectivity index (χ4n) is 1.59. The first-order chi connectivity index (χ1) is 5.29. The van der Waals surface area contributed by atoms with Gasteiger partial charge in [-0.25, -0.2) is 0 Å². The van der Waals surface area contributed by atoms with E-state index in [0.717, 1.165) is 5.70 Å². The number of rotatable bonds is 0. The quantitative estimate of drug-likeness (QED) is 0.563. The van der Waals surface area contributed by atoms with Crippen LogP contribution in [0.5, 0.6) is 0 Å². The summed E-state index contributed by atoms with van der Waals surface area (Å²) in [4.78, 5) is 0. The first-order valence-electron chi connectivity index (χ1n) is 3.75. The second-order valence-electron chi connectivity index (χ2n) is 2.99. The van der Waals surface area contributed by atoms with E-state index in [1.165, 1.54) is 5.57 Å². The van der Waals surface area contributed by atoms with Gasteiger partial charge in [0.1, 0.15) is 6.10 Å². The molecule has 0 aromatic heterocycles. The van der Waals surface area contributed by atoms with E-state index in [0.29, 0.717) is 5.92 Å². The summed E-state index contributed by atoms with van der Waals surface area (Å²) in [5.41, 5.74) is 7.92. The molecule has 2 atom stereocenters. The topological polar surface area (TPSA) is 35.2 Å². The van der Waals surface area contributed by atoms with Crippen molar-refractivity contribution in [1.29, 1.82) is 0 Å². The normalized spacial score (nSPS) is 33.9. The van der Waals surface area contributed by atoms with Gasteiger partial charge in [-0.3, -0.25) is 0 Å². The molecule has 1 heterocycles. The second kappa shape index (κ2) is 2.16. The van der Waals surface area contributed by atoms with Crippen LogP contribution in [0.25, 0.3) is 0 Å². The van der Waals surface area contributed by atoms with Crippen LogP contribution in [0.3, 0.4) is 0 Å². The predicted octanol–water partition coefficient (Wildman–Crippen LogP) is 1.32. The highest BCUT2D eigenvalue weighted by Gasteiger charge is 2.30. The van der Waals surface area contributed by atoms with Crippen LogP contribution in [-0.4, -0.2) is 6.10 Å². The lowest BCUT2D eigenvalue weighted by molar-refractivity contribution is 0.187. The van der Waals surface area contributed by atoms with Crippen LogP contribution in [0.15, 0.2) is 35.8 Å². The third-order valence-corrected chi connectivity index (χ3v) is 2.18. The van der Waals surface area contributed by atoms with Crippen LogP contribution < -0.4 is 5.73 Å². The minimum atomic E-state index is 0.153. The van der Waals surface area contributed by atoms with Crippen LogP contribution in [0.2, 0.25) is 0 Å². The smallest absolute Gasteiger partial charge is 0.128 e. The lowest BCUT2D eigenvalue weighted by Crippen LogP contribution is -2.24. The van der Waals surface area contributed by atoms with Crippen LogP contribution in [0.4, 0.5) is 0 Å². The van der Waals surface area contributed by atoms with Crippen LogP contribution in [0, 0.1) is 5.92 Å². The van der Waals surface area contributed by atoms with Crippen molar-refractivity contribution in [1.82, 2.24) is 0 Å². The Morgan fingerprint density at radius 1 is 1.55 bits per heavy atom. The number of allylic oxidation sites excluding steroid dienone is 2. The number of hydrogen-bond acceptors (Lipinski definition) is 2. The molecule has 1 aliphatic heterocycles. The monoisotopic (exact) mass is 149 g/mol. The molecule has 0 saturated heterocycles. The van der Waals surface area contributed by atoms with E-state index in [4.69, 9.17) is 10.5 Å². The average Bonchev–Trinajstić information content (AvgIpc) is 2.34.